The summed E-state index contributed by atoms with van der Waals surface area (Å²) in [5, 5.41) is 17.8. The largest absolute Gasteiger partial charge is 0.383 e. The second-order valence-corrected chi connectivity index (χ2v) is 6.44. The van der Waals surface area contributed by atoms with Gasteiger partial charge < -0.3 is 20.5 Å². The van der Waals surface area contributed by atoms with Crippen LogP contribution in [0.5, 0.6) is 0 Å². The summed E-state index contributed by atoms with van der Waals surface area (Å²) >= 11 is 1.46. The SMILES string of the molecule is COCc1ccccc1CNC(=O)NCC(C)(O)c1cccs1. The van der Waals surface area contributed by atoms with E-state index in [2.05, 4.69) is 10.6 Å². The fraction of sp³-hybridized carbons (Fsp3) is 0.353. The zero-order valence-corrected chi connectivity index (χ0v) is 14.2. The third-order valence-electron chi connectivity index (χ3n) is 3.50. The van der Waals surface area contributed by atoms with Gasteiger partial charge in [0.15, 0.2) is 0 Å². The van der Waals surface area contributed by atoms with Crippen LogP contribution in [0.4, 0.5) is 4.79 Å². The average Bonchev–Trinajstić information content (AvgIpc) is 3.08. The van der Waals surface area contributed by atoms with Gasteiger partial charge in [-0.2, -0.15) is 0 Å². The Hall–Kier alpha value is -1.89. The van der Waals surface area contributed by atoms with E-state index in [0.29, 0.717) is 13.2 Å². The highest BCUT2D eigenvalue weighted by atomic mass is 32.1. The fourth-order valence-corrected chi connectivity index (χ4v) is 2.98. The number of amides is 2. The molecular weight excluding hydrogens is 312 g/mol. The van der Waals surface area contributed by atoms with Crippen LogP contribution in [0.15, 0.2) is 41.8 Å². The summed E-state index contributed by atoms with van der Waals surface area (Å²) in [4.78, 5) is 12.8. The molecule has 3 N–H and O–H groups in total. The molecule has 0 radical (unpaired) electrons. The standard InChI is InChI=1S/C17H22N2O3S/c1-17(21,15-8-5-9-23-15)12-19-16(20)18-10-13-6-3-4-7-14(13)11-22-2/h3-9,21H,10-12H2,1-2H3,(H2,18,19,20). The van der Waals surface area contributed by atoms with Gasteiger partial charge in [-0.25, -0.2) is 4.79 Å². The fourth-order valence-electron chi connectivity index (χ4n) is 2.19. The second-order valence-electron chi connectivity index (χ2n) is 5.49. The number of rotatable bonds is 7. The molecule has 2 amide bonds. The third kappa shape index (κ3) is 5.06. The number of urea groups is 1. The zero-order chi connectivity index (χ0) is 16.7. The summed E-state index contributed by atoms with van der Waals surface area (Å²) in [7, 11) is 1.64. The zero-order valence-electron chi connectivity index (χ0n) is 13.3. The molecule has 0 aliphatic heterocycles. The molecule has 0 bridgehead atoms. The van der Waals surface area contributed by atoms with Crippen LogP contribution in [0.2, 0.25) is 0 Å². The quantitative estimate of drug-likeness (QED) is 0.729. The van der Waals surface area contributed by atoms with Crippen LogP contribution >= 0.6 is 11.3 Å². The van der Waals surface area contributed by atoms with Crippen LogP contribution in [0.25, 0.3) is 0 Å². The number of carbonyl (C=O) groups excluding carboxylic acids is 1. The van der Waals surface area contributed by atoms with Crippen LogP contribution in [-0.4, -0.2) is 24.8 Å². The Labute approximate surface area is 140 Å². The number of aliphatic hydroxyl groups is 1. The number of carbonyl (C=O) groups is 1. The number of ether oxygens (including phenoxy) is 1. The van der Waals surface area contributed by atoms with Gasteiger partial charge in [-0.05, 0) is 29.5 Å². The molecule has 0 spiro atoms. The van der Waals surface area contributed by atoms with Gasteiger partial charge in [-0.1, -0.05) is 30.3 Å². The van der Waals surface area contributed by atoms with Crippen molar-refractivity contribution >= 4 is 17.4 Å². The average molecular weight is 334 g/mol. The highest BCUT2D eigenvalue weighted by molar-refractivity contribution is 7.10. The van der Waals surface area contributed by atoms with Gasteiger partial charge in [0, 0.05) is 18.5 Å². The molecule has 1 heterocycles. The molecule has 2 aromatic rings. The van der Waals surface area contributed by atoms with Crippen LogP contribution in [0.1, 0.15) is 22.9 Å². The van der Waals surface area contributed by atoms with Crippen molar-refractivity contribution in [3.05, 3.63) is 57.8 Å². The summed E-state index contributed by atoms with van der Waals surface area (Å²) in [5.74, 6) is 0. The number of thiophene rings is 1. The highest BCUT2D eigenvalue weighted by Crippen LogP contribution is 2.24. The van der Waals surface area contributed by atoms with Crippen LogP contribution in [0, 0.1) is 0 Å². The highest BCUT2D eigenvalue weighted by Gasteiger charge is 2.24. The molecule has 1 aromatic carbocycles. The summed E-state index contributed by atoms with van der Waals surface area (Å²) in [6, 6.07) is 11.2. The Balaban J connectivity index is 1.84. The predicted molar refractivity (Wildman–Crippen MR) is 91.3 cm³/mol. The van der Waals surface area contributed by atoms with E-state index >= 15 is 0 Å². The molecule has 23 heavy (non-hydrogen) atoms. The van der Waals surface area contributed by atoms with Crippen molar-refractivity contribution in [3.63, 3.8) is 0 Å². The summed E-state index contributed by atoms with van der Waals surface area (Å²) in [6.45, 7) is 2.76. The van der Waals surface area contributed by atoms with Gasteiger partial charge in [0.05, 0.1) is 13.2 Å². The maximum Gasteiger partial charge on any atom is 0.315 e. The van der Waals surface area contributed by atoms with Gasteiger partial charge >= 0.3 is 6.03 Å². The Morgan fingerprint density at radius 3 is 2.61 bits per heavy atom. The molecule has 0 aliphatic rings. The van der Waals surface area contributed by atoms with Crippen molar-refractivity contribution in [2.24, 2.45) is 0 Å². The van der Waals surface area contributed by atoms with Crippen molar-refractivity contribution in [3.8, 4) is 0 Å². The summed E-state index contributed by atoms with van der Waals surface area (Å²) in [5.41, 5.74) is 0.981. The first-order valence-corrected chi connectivity index (χ1v) is 8.24. The first-order valence-electron chi connectivity index (χ1n) is 7.36. The van der Waals surface area contributed by atoms with E-state index in [9.17, 15) is 9.90 Å². The Morgan fingerprint density at radius 1 is 1.22 bits per heavy atom. The Morgan fingerprint density at radius 2 is 1.96 bits per heavy atom. The molecule has 0 saturated heterocycles. The molecule has 0 aliphatic carbocycles. The minimum atomic E-state index is -1.07. The van der Waals surface area contributed by atoms with E-state index in [1.54, 1.807) is 14.0 Å². The Kier molecular flexibility index (Phi) is 6.15. The minimum Gasteiger partial charge on any atom is -0.383 e. The van der Waals surface area contributed by atoms with E-state index in [0.717, 1.165) is 16.0 Å². The van der Waals surface area contributed by atoms with Gasteiger partial charge in [0.1, 0.15) is 5.60 Å². The molecule has 6 heteroatoms. The number of hydrogen-bond donors (Lipinski definition) is 3. The molecule has 1 unspecified atom stereocenters. The molecular formula is C17H22N2O3S. The summed E-state index contributed by atoms with van der Waals surface area (Å²) in [6.07, 6.45) is 0. The van der Waals surface area contributed by atoms with Crippen molar-refractivity contribution in [1.29, 1.82) is 0 Å². The number of nitrogens with one attached hydrogen (secondary N) is 2. The lowest BCUT2D eigenvalue weighted by molar-refractivity contribution is 0.0631. The van der Waals surface area contributed by atoms with E-state index in [1.165, 1.54) is 11.3 Å². The lowest BCUT2D eigenvalue weighted by Crippen LogP contribution is -2.43. The Bertz CT molecular complexity index is 627. The van der Waals surface area contributed by atoms with Crippen molar-refractivity contribution in [2.45, 2.75) is 25.7 Å². The van der Waals surface area contributed by atoms with Crippen molar-refractivity contribution in [2.75, 3.05) is 13.7 Å². The third-order valence-corrected chi connectivity index (χ3v) is 4.63. The molecule has 5 nitrogen and oxygen atoms in total. The molecule has 2 rings (SSSR count). The number of methoxy groups -OCH3 is 1. The van der Waals surface area contributed by atoms with Gasteiger partial charge in [0.25, 0.3) is 0 Å². The van der Waals surface area contributed by atoms with Gasteiger partial charge in [-0.3, -0.25) is 0 Å². The van der Waals surface area contributed by atoms with Crippen LogP contribution in [0.3, 0.4) is 0 Å². The molecule has 1 aromatic heterocycles. The monoisotopic (exact) mass is 334 g/mol. The molecule has 124 valence electrons. The molecule has 0 saturated carbocycles. The van der Waals surface area contributed by atoms with E-state index < -0.39 is 5.60 Å². The predicted octanol–water partition coefficient (Wildman–Crippen LogP) is 2.60. The van der Waals surface area contributed by atoms with E-state index in [-0.39, 0.29) is 12.6 Å². The lowest BCUT2D eigenvalue weighted by Gasteiger charge is -2.22. The minimum absolute atomic E-state index is 0.152. The molecule has 1 atom stereocenters. The molecule has 0 fully saturated rings. The normalized spacial score (nSPS) is 13.3. The maximum atomic E-state index is 11.9. The maximum absolute atomic E-state index is 11.9. The van der Waals surface area contributed by atoms with E-state index in [1.807, 2.05) is 41.8 Å². The topological polar surface area (TPSA) is 70.6 Å². The second kappa shape index (κ2) is 8.10. The first kappa shape index (κ1) is 17.5. The smallest absolute Gasteiger partial charge is 0.315 e. The van der Waals surface area contributed by atoms with Gasteiger partial charge in [-0.15, -0.1) is 11.3 Å². The summed E-state index contributed by atoms with van der Waals surface area (Å²) < 4.78 is 5.15. The van der Waals surface area contributed by atoms with Gasteiger partial charge in [0.2, 0.25) is 0 Å². The number of hydrogen-bond acceptors (Lipinski definition) is 4. The van der Waals surface area contributed by atoms with Crippen molar-refractivity contribution < 1.29 is 14.6 Å². The lowest BCUT2D eigenvalue weighted by atomic mass is 10.1. The van der Waals surface area contributed by atoms with Crippen LogP contribution < -0.4 is 10.6 Å². The number of benzene rings is 1. The first-order chi connectivity index (χ1) is 11.0. The van der Waals surface area contributed by atoms with Crippen LogP contribution in [-0.2, 0) is 23.5 Å². The van der Waals surface area contributed by atoms with Crippen molar-refractivity contribution in [1.82, 2.24) is 10.6 Å². The van der Waals surface area contributed by atoms with E-state index in [4.69, 9.17) is 4.74 Å².